The summed E-state index contributed by atoms with van der Waals surface area (Å²) < 4.78 is 8.88. The maximum atomic E-state index is 8.88. The van der Waals surface area contributed by atoms with Crippen molar-refractivity contribution in [2.24, 2.45) is 0 Å². The SMILES string of the molecule is O=P(O)(O)O.[Al+3].[OH-].[OH-].[OH-]. The van der Waals surface area contributed by atoms with E-state index in [1.54, 1.807) is 0 Å². The number of phosphoric acid groups is 1. The van der Waals surface area contributed by atoms with E-state index in [1.807, 2.05) is 0 Å². The fourth-order valence-corrected chi connectivity index (χ4v) is 0. The van der Waals surface area contributed by atoms with Crippen molar-refractivity contribution >= 4 is 25.2 Å². The van der Waals surface area contributed by atoms with E-state index in [2.05, 4.69) is 0 Å². The summed E-state index contributed by atoms with van der Waals surface area (Å²) in [5.41, 5.74) is 0. The molecule has 56 valence electrons. The summed E-state index contributed by atoms with van der Waals surface area (Å²) >= 11 is 0. The van der Waals surface area contributed by atoms with Crippen LogP contribution in [0, 0.1) is 0 Å². The molecule has 0 aliphatic carbocycles. The van der Waals surface area contributed by atoms with Crippen molar-refractivity contribution in [3.63, 3.8) is 0 Å². The standard InChI is InChI=1S/Al.H3O4P.3H2O/c;1-5(2,3)4;;;/h;(H3,1,2,3,4);3*1H2/q+3;;;;/p-3. The molecule has 9 heavy (non-hydrogen) atoms. The molecule has 0 saturated carbocycles. The first kappa shape index (κ1) is 33.8. The summed E-state index contributed by atoms with van der Waals surface area (Å²) in [6.07, 6.45) is 0. The largest absolute Gasteiger partial charge is 3.00 e. The first-order valence-corrected chi connectivity index (χ1v) is 2.35. The molecule has 0 heterocycles. The molecule has 0 bridgehead atoms. The summed E-state index contributed by atoms with van der Waals surface area (Å²) in [4.78, 5) is 21.6. The van der Waals surface area contributed by atoms with Crippen molar-refractivity contribution in [3.8, 4) is 0 Å². The summed E-state index contributed by atoms with van der Waals surface area (Å²) in [5, 5.41) is 0. The van der Waals surface area contributed by atoms with Crippen LogP contribution in [0.5, 0.6) is 0 Å². The van der Waals surface area contributed by atoms with Gasteiger partial charge in [0.25, 0.3) is 0 Å². The van der Waals surface area contributed by atoms with Crippen LogP contribution in [0.3, 0.4) is 0 Å². The Morgan fingerprint density at radius 1 is 0.889 bits per heavy atom. The van der Waals surface area contributed by atoms with E-state index in [1.165, 1.54) is 0 Å². The Bertz CT molecular complexity index is 55.1. The molecule has 0 aromatic heterocycles. The molecule has 7 nitrogen and oxygen atoms in total. The van der Waals surface area contributed by atoms with Gasteiger partial charge in [-0.25, -0.2) is 4.57 Å². The van der Waals surface area contributed by atoms with Crippen LogP contribution in [-0.4, -0.2) is 48.5 Å². The molecule has 0 radical (unpaired) electrons. The summed E-state index contributed by atoms with van der Waals surface area (Å²) in [5.74, 6) is 0. The predicted octanol–water partition coefficient (Wildman–Crippen LogP) is -1.84. The molecule has 0 aliphatic heterocycles. The molecule has 0 aliphatic rings. The molecule has 6 N–H and O–H groups in total. The van der Waals surface area contributed by atoms with Crippen molar-refractivity contribution in [2.75, 3.05) is 0 Å². The van der Waals surface area contributed by atoms with Crippen molar-refractivity contribution in [1.29, 1.82) is 0 Å². The summed E-state index contributed by atoms with van der Waals surface area (Å²) in [6, 6.07) is 0. The molecular weight excluding hydrogens is 170 g/mol. The van der Waals surface area contributed by atoms with E-state index in [-0.39, 0.29) is 33.8 Å². The monoisotopic (exact) mass is 176 g/mol. The van der Waals surface area contributed by atoms with Gasteiger partial charge < -0.3 is 31.1 Å². The van der Waals surface area contributed by atoms with Gasteiger partial charge in [0.1, 0.15) is 0 Å². The van der Waals surface area contributed by atoms with E-state index in [0.717, 1.165) is 0 Å². The van der Waals surface area contributed by atoms with Crippen LogP contribution in [0.25, 0.3) is 0 Å². The van der Waals surface area contributed by atoms with Crippen LogP contribution < -0.4 is 0 Å². The summed E-state index contributed by atoms with van der Waals surface area (Å²) in [6.45, 7) is 0. The fourth-order valence-electron chi connectivity index (χ4n) is 0. The maximum Gasteiger partial charge on any atom is 3.00 e. The molecule has 0 fully saturated rings. The maximum absolute atomic E-state index is 8.88. The molecule has 0 atom stereocenters. The zero-order valence-corrected chi connectivity index (χ0v) is 6.17. The molecule has 0 aromatic rings. The molecule has 0 unspecified atom stereocenters. The molecule has 0 saturated heterocycles. The third-order valence-electron chi connectivity index (χ3n) is 0. The zero-order chi connectivity index (χ0) is 4.50. The van der Waals surface area contributed by atoms with Gasteiger partial charge >= 0.3 is 25.2 Å². The average Bonchev–Trinajstić information content (AvgIpc) is 0.722. The third-order valence-corrected chi connectivity index (χ3v) is 0. The fraction of sp³-hybridized carbons (Fsp3) is 0. The smallest absolute Gasteiger partial charge is 0.870 e. The van der Waals surface area contributed by atoms with Crippen molar-refractivity contribution in [2.45, 2.75) is 0 Å². The van der Waals surface area contributed by atoms with Crippen LogP contribution in [-0.2, 0) is 4.57 Å². The second kappa shape index (κ2) is 11.3. The van der Waals surface area contributed by atoms with Gasteiger partial charge in [0.15, 0.2) is 0 Å². The van der Waals surface area contributed by atoms with Crippen LogP contribution >= 0.6 is 7.82 Å². The van der Waals surface area contributed by atoms with Crippen molar-refractivity contribution in [3.05, 3.63) is 0 Å². The third kappa shape index (κ3) is 1330. The number of rotatable bonds is 0. The molecule has 0 rings (SSSR count). The van der Waals surface area contributed by atoms with E-state index in [9.17, 15) is 0 Å². The number of hydrogen-bond donors (Lipinski definition) is 3. The Morgan fingerprint density at radius 2 is 0.889 bits per heavy atom. The Morgan fingerprint density at radius 3 is 0.889 bits per heavy atom. The topological polar surface area (TPSA) is 168 Å². The van der Waals surface area contributed by atoms with Gasteiger partial charge in [0, 0.05) is 0 Å². The molecule has 0 amide bonds. The Labute approximate surface area is 61.6 Å². The average molecular weight is 176 g/mol. The van der Waals surface area contributed by atoms with Crippen LogP contribution in [0.15, 0.2) is 0 Å². The van der Waals surface area contributed by atoms with Gasteiger partial charge in [-0.15, -0.1) is 0 Å². The van der Waals surface area contributed by atoms with Crippen LogP contribution in [0.2, 0.25) is 0 Å². The molecule has 0 aromatic carbocycles. The van der Waals surface area contributed by atoms with Crippen molar-refractivity contribution < 1.29 is 35.7 Å². The minimum atomic E-state index is -4.64. The van der Waals surface area contributed by atoms with Crippen LogP contribution in [0.4, 0.5) is 0 Å². The first-order valence-electron chi connectivity index (χ1n) is 0.783. The first-order chi connectivity index (χ1) is 2.00. The minimum absolute atomic E-state index is 0. The van der Waals surface area contributed by atoms with Gasteiger partial charge in [-0.3, -0.25) is 0 Å². The zero-order valence-electron chi connectivity index (χ0n) is 4.12. The van der Waals surface area contributed by atoms with Crippen LogP contribution in [0.1, 0.15) is 0 Å². The minimum Gasteiger partial charge on any atom is -0.870 e. The van der Waals surface area contributed by atoms with E-state index < -0.39 is 7.82 Å². The Balaban J connectivity index is -0.0000000133. The van der Waals surface area contributed by atoms with E-state index >= 15 is 0 Å². The Kier molecular flexibility index (Phi) is 42.6. The molecule has 0 spiro atoms. The Hall–Kier alpha value is 0.522. The van der Waals surface area contributed by atoms with E-state index in [4.69, 9.17) is 19.2 Å². The summed E-state index contributed by atoms with van der Waals surface area (Å²) in [7, 11) is -4.64. The number of hydrogen-bond acceptors (Lipinski definition) is 4. The normalized spacial score (nSPS) is 6.56. The van der Waals surface area contributed by atoms with Gasteiger partial charge in [0.2, 0.25) is 0 Å². The predicted molar refractivity (Wildman–Crippen MR) is 25.8 cm³/mol. The quantitative estimate of drug-likeness (QED) is 0.287. The van der Waals surface area contributed by atoms with Crippen molar-refractivity contribution in [1.82, 2.24) is 0 Å². The second-order valence-electron chi connectivity index (χ2n) is 0.513. The second-order valence-corrected chi connectivity index (χ2v) is 1.54. The van der Waals surface area contributed by atoms with E-state index in [0.29, 0.717) is 0 Å². The molecule has 9 heteroatoms. The van der Waals surface area contributed by atoms with Gasteiger partial charge in [-0.05, 0) is 0 Å². The molecular formula is H6AlO7P. The van der Waals surface area contributed by atoms with Gasteiger partial charge in [-0.2, -0.15) is 0 Å². The van der Waals surface area contributed by atoms with Gasteiger partial charge in [0.05, 0.1) is 0 Å². The van der Waals surface area contributed by atoms with Gasteiger partial charge in [-0.1, -0.05) is 0 Å².